The Kier molecular flexibility index (Phi) is 5.07. The van der Waals surface area contributed by atoms with E-state index in [2.05, 4.69) is 10.6 Å². The molecule has 0 bridgehead atoms. The molecule has 8 nitrogen and oxygen atoms in total. The van der Waals surface area contributed by atoms with Gasteiger partial charge in [0.1, 0.15) is 12.1 Å². The lowest BCUT2D eigenvalue weighted by molar-refractivity contribution is -0.134. The van der Waals surface area contributed by atoms with Crippen molar-refractivity contribution in [2.75, 3.05) is 13.3 Å². The lowest BCUT2D eigenvalue weighted by Crippen LogP contribution is -2.47. The summed E-state index contributed by atoms with van der Waals surface area (Å²) in [5.41, 5.74) is 0.617. The second-order valence-electron chi connectivity index (χ2n) is 7.72. The number of ether oxygens (including phenoxy) is 2. The number of benzene rings is 2. The molecule has 2 aromatic rings. The van der Waals surface area contributed by atoms with Crippen LogP contribution >= 0.6 is 0 Å². The maximum absolute atomic E-state index is 13.0. The van der Waals surface area contributed by atoms with Crippen molar-refractivity contribution in [1.82, 2.24) is 15.5 Å². The van der Waals surface area contributed by atoms with E-state index in [-0.39, 0.29) is 25.8 Å². The van der Waals surface area contributed by atoms with Gasteiger partial charge in [0, 0.05) is 6.42 Å². The molecule has 4 rings (SSSR count). The standard InChI is InChI=1S/C22H23N3O5/c1-14(16-6-4-3-5-7-16)23-19(26)12-25-20(27)22(2,24-21(25)28)11-15-8-9-17-18(10-15)30-13-29-17/h3-10,14H,11-13H2,1-2H3,(H,23,26)(H,24,28)/t14-,22-/m0/s1. The molecule has 0 aliphatic carbocycles. The van der Waals surface area contributed by atoms with Crippen LogP contribution in [0.1, 0.15) is 31.0 Å². The number of imide groups is 1. The van der Waals surface area contributed by atoms with Gasteiger partial charge in [-0.05, 0) is 37.1 Å². The molecule has 0 radical (unpaired) electrons. The molecule has 2 aliphatic rings. The molecule has 1 saturated heterocycles. The van der Waals surface area contributed by atoms with Crippen molar-refractivity contribution in [3.63, 3.8) is 0 Å². The normalized spacial score (nSPS) is 20.8. The fraction of sp³-hybridized carbons (Fsp3) is 0.318. The molecule has 0 unspecified atom stereocenters. The molecule has 30 heavy (non-hydrogen) atoms. The monoisotopic (exact) mass is 409 g/mol. The van der Waals surface area contributed by atoms with Crippen LogP contribution in [0, 0.1) is 0 Å². The zero-order chi connectivity index (χ0) is 21.3. The molecule has 2 aliphatic heterocycles. The molecule has 8 heteroatoms. The van der Waals surface area contributed by atoms with Crippen molar-refractivity contribution in [2.45, 2.75) is 31.8 Å². The second-order valence-corrected chi connectivity index (χ2v) is 7.72. The van der Waals surface area contributed by atoms with Crippen LogP contribution in [0.2, 0.25) is 0 Å². The summed E-state index contributed by atoms with van der Waals surface area (Å²) in [4.78, 5) is 38.8. The summed E-state index contributed by atoms with van der Waals surface area (Å²) in [7, 11) is 0. The number of fused-ring (bicyclic) bond motifs is 1. The van der Waals surface area contributed by atoms with Gasteiger partial charge in [0.15, 0.2) is 11.5 Å². The Hall–Kier alpha value is -3.55. The first kappa shape index (κ1) is 19.8. The molecule has 156 valence electrons. The van der Waals surface area contributed by atoms with E-state index in [1.165, 1.54) is 0 Å². The third-order valence-corrected chi connectivity index (χ3v) is 5.32. The SMILES string of the molecule is C[C@H](NC(=O)CN1C(=O)N[C@@](C)(Cc2ccc3c(c2)OCO3)C1=O)c1ccccc1. The Labute approximate surface area is 174 Å². The lowest BCUT2D eigenvalue weighted by atomic mass is 9.92. The first-order valence-electron chi connectivity index (χ1n) is 9.73. The van der Waals surface area contributed by atoms with Crippen LogP contribution in [0.25, 0.3) is 0 Å². The molecule has 0 spiro atoms. The number of carbonyl (C=O) groups excluding carboxylic acids is 3. The van der Waals surface area contributed by atoms with Crippen molar-refractivity contribution < 1.29 is 23.9 Å². The van der Waals surface area contributed by atoms with E-state index in [4.69, 9.17) is 9.47 Å². The average Bonchev–Trinajstić information content (AvgIpc) is 3.26. The van der Waals surface area contributed by atoms with Gasteiger partial charge in [-0.2, -0.15) is 0 Å². The Balaban J connectivity index is 1.41. The largest absolute Gasteiger partial charge is 0.454 e. The van der Waals surface area contributed by atoms with Gasteiger partial charge in [-0.25, -0.2) is 4.79 Å². The Morgan fingerprint density at radius 1 is 1.17 bits per heavy atom. The summed E-state index contributed by atoms with van der Waals surface area (Å²) in [6.45, 7) is 3.33. The molecule has 4 amide bonds. The molecular weight excluding hydrogens is 386 g/mol. The summed E-state index contributed by atoms with van der Waals surface area (Å²) >= 11 is 0. The number of hydrogen-bond donors (Lipinski definition) is 2. The van der Waals surface area contributed by atoms with Crippen LogP contribution in [-0.4, -0.2) is 41.6 Å². The van der Waals surface area contributed by atoms with E-state index < -0.39 is 23.4 Å². The minimum absolute atomic E-state index is 0.163. The number of nitrogens with zero attached hydrogens (tertiary/aromatic N) is 1. The third kappa shape index (κ3) is 3.80. The smallest absolute Gasteiger partial charge is 0.325 e. The summed E-state index contributed by atoms with van der Waals surface area (Å²) in [5.74, 6) is 0.422. The quantitative estimate of drug-likeness (QED) is 0.713. The second kappa shape index (κ2) is 7.70. The van der Waals surface area contributed by atoms with Crippen LogP contribution in [0.5, 0.6) is 11.5 Å². The van der Waals surface area contributed by atoms with Gasteiger partial charge >= 0.3 is 6.03 Å². The van der Waals surface area contributed by atoms with Gasteiger partial charge in [-0.3, -0.25) is 14.5 Å². The van der Waals surface area contributed by atoms with Crippen LogP contribution in [0.4, 0.5) is 4.79 Å². The highest BCUT2D eigenvalue weighted by Crippen LogP contribution is 2.34. The molecule has 2 N–H and O–H groups in total. The Morgan fingerprint density at radius 3 is 2.67 bits per heavy atom. The van der Waals surface area contributed by atoms with Crippen molar-refractivity contribution in [2.24, 2.45) is 0 Å². The maximum atomic E-state index is 13.0. The Bertz CT molecular complexity index is 994. The maximum Gasteiger partial charge on any atom is 0.325 e. The van der Waals surface area contributed by atoms with E-state index in [1.807, 2.05) is 43.3 Å². The zero-order valence-corrected chi connectivity index (χ0v) is 16.8. The van der Waals surface area contributed by atoms with E-state index >= 15 is 0 Å². The number of rotatable bonds is 6. The highest BCUT2D eigenvalue weighted by molar-refractivity contribution is 6.09. The molecular formula is C22H23N3O5. The zero-order valence-electron chi connectivity index (χ0n) is 16.8. The van der Waals surface area contributed by atoms with Crippen molar-refractivity contribution in [3.8, 4) is 11.5 Å². The summed E-state index contributed by atoms with van der Waals surface area (Å²) < 4.78 is 10.7. The van der Waals surface area contributed by atoms with Crippen molar-refractivity contribution >= 4 is 17.8 Å². The van der Waals surface area contributed by atoms with Gasteiger partial charge in [0.25, 0.3) is 5.91 Å². The fourth-order valence-corrected chi connectivity index (χ4v) is 3.73. The molecule has 0 saturated carbocycles. The Morgan fingerprint density at radius 2 is 1.90 bits per heavy atom. The molecule has 0 aromatic heterocycles. The first-order valence-corrected chi connectivity index (χ1v) is 9.73. The van der Waals surface area contributed by atoms with Crippen molar-refractivity contribution in [1.29, 1.82) is 0 Å². The highest BCUT2D eigenvalue weighted by Gasteiger charge is 2.48. The summed E-state index contributed by atoms with van der Waals surface area (Å²) in [6.07, 6.45) is 0.271. The minimum Gasteiger partial charge on any atom is -0.454 e. The van der Waals surface area contributed by atoms with E-state index in [0.29, 0.717) is 11.5 Å². The average molecular weight is 409 g/mol. The molecule has 1 fully saturated rings. The van der Waals surface area contributed by atoms with E-state index in [0.717, 1.165) is 16.0 Å². The summed E-state index contributed by atoms with van der Waals surface area (Å²) in [6, 6.07) is 14.1. The van der Waals surface area contributed by atoms with Crippen LogP contribution in [-0.2, 0) is 16.0 Å². The van der Waals surface area contributed by atoms with Gasteiger partial charge in [-0.1, -0.05) is 36.4 Å². The number of hydrogen-bond acceptors (Lipinski definition) is 5. The number of urea groups is 1. The predicted molar refractivity (Wildman–Crippen MR) is 108 cm³/mol. The minimum atomic E-state index is -1.14. The van der Waals surface area contributed by atoms with Gasteiger partial charge in [-0.15, -0.1) is 0 Å². The molecule has 2 aromatic carbocycles. The lowest BCUT2D eigenvalue weighted by Gasteiger charge is -2.22. The third-order valence-electron chi connectivity index (χ3n) is 5.32. The highest BCUT2D eigenvalue weighted by atomic mass is 16.7. The molecule has 2 heterocycles. The fourth-order valence-electron chi connectivity index (χ4n) is 3.73. The molecule has 2 atom stereocenters. The van der Waals surface area contributed by atoms with E-state index in [9.17, 15) is 14.4 Å². The van der Waals surface area contributed by atoms with Gasteiger partial charge in [0.05, 0.1) is 6.04 Å². The van der Waals surface area contributed by atoms with Gasteiger partial charge < -0.3 is 20.1 Å². The van der Waals surface area contributed by atoms with Crippen LogP contribution in [0.3, 0.4) is 0 Å². The van der Waals surface area contributed by atoms with Crippen molar-refractivity contribution in [3.05, 3.63) is 59.7 Å². The van der Waals surface area contributed by atoms with E-state index in [1.54, 1.807) is 19.1 Å². The number of nitrogens with one attached hydrogen (secondary N) is 2. The van der Waals surface area contributed by atoms with Gasteiger partial charge in [0.2, 0.25) is 12.7 Å². The summed E-state index contributed by atoms with van der Waals surface area (Å²) in [5, 5.41) is 5.55. The topological polar surface area (TPSA) is 97.0 Å². The number of amides is 4. The van der Waals surface area contributed by atoms with Crippen LogP contribution in [0.15, 0.2) is 48.5 Å². The predicted octanol–water partition coefficient (Wildman–Crippen LogP) is 2.15. The first-order chi connectivity index (χ1) is 14.4. The van der Waals surface area contributed by atoms with Crippen LogP contribution < -0.4 is 20.1 Å². The number of carbonyl (C=O) groups is 3.